The monoisotopic (exact) mass is 544 g/mol. The van der Waals surface area contributed by atoms with Crippen LogP contribution in [0.4, 0.5) is 4.39 Å². The zero-order valence-corrected chi connectivity index (χ0v) is 23.2. The van der Waals surface area contributed by atoms with Crippen LogP contribution in [0.5, 0.6) is 5.75 Å². The zero-order chi connectivity index (χ0) is 28.1. The Hall–Kier alpha value is -3.75. The molecule has 0 bridgehead atoms. The second kappa shape index (κ2) is 12.6. The quantitative estimate of drug-likeness (QED) is 0.467. The molecular formula is C32H37FN4O3. The smallest absolute Gasteiger partial charge is 0.254 e. The Morgan fingerprint density at radius 2 is 1.68 bits per heavy atom. The number of methoxy groups -OCH3 is 1. The number of nitrogens with one attached hydrogen (secondary N) is 1. The van der Waals surface area contributed by atoms with Crippen LogP contribution in [0.3, 0.4) is 0 Å². The van der Waals surface area contributed by atoms with Gasteiger partial charge in [0.1, 0.15) is 17.6 Å². The highest BCUT2D eigenvalue weighted by Crippen LogP contribution is 2.29. The van der Waals surface area contributed by atoms with Gasteiger partial charge in [0.25, 0.3) is 5.91 Å². The number of likely N-dealkylation sites (tertiary alicyclic amines) is 1. The minimum absolute atomic E-state index is 0.0175. The minimum atomic E-state index is -0.577. The number of ether oxygens (including phenoxy) is 1. The van der Waals surface area contributed by atoms with Gasteiger partial charge in [-0.15, -0.1) is 0 Å². The largest absolute Gasteiger partial charge is 0.497 e. The van der Waals surface area contributed by atoms with Gasteiger partial charge in [0.15, 0.2) is 0 Å². The molecule has 0 radical (unpaired) electrons. The molecule has 2 aliphatic heterocycles. The van der Waals surface area contributed by atoms with E-state index < -0.39 is 11.9 Å². The number of hydrogen-bond acceptors (Lipinski definition) is 5. The molecule has 2 heterocycles. The summed E-state index contributed by atoms with van der Waals surface area (Å²) in [5.41, 5.74) is 3.85. The van der Waals surface area contributed by atoms with Crippen molar-refractivity contribution in [3.05, 3.63) is 101 Å². The molecule has 7 nitrogen and oxygen atoms in total. The minimum Gasteiger partial charge on any atom is -0.497 e. The van der Waals surface area contributed by atoms with Crippen molar-refractivity contribution in [2.45, 2.75) is 38.5 Å². The zero-order valence-electron chi connectivity index (χ0n) is 23.2. The summed E-state index contributed by atoms with van der Waals surface area (Å²) in [6.07, 6.45) is 0.533. The summed E-state index contributed by atoms with van der Waals surface area (Å²) in [6.45, 7) is 6.52. The summed E-state index contributed by atoms with van der Waals surface area (Å²) in [6, 6.07) is 21.4. The van der Waals surface area contributed by atoms with E-state index in [1.165, 1.54) is 35.4 Å². The normalized spacial score (nSPS) is 19.2. The van der Waals surface area contributed by atoms with Crippen molar-refractivity contribution >= 4 is 11.8 Å². The van der Waals surface area contributed by atoms with Gasteiger partial charge in [0, 0.05) is 57.4 Å². The maximum Gasteiger partial charge on any atom is 0.254 e. The highest BCUT2D eigenvalue weighted by molar-refractivity contribution is 5.98. The van der Waals surface area contributed by atoms with Crippen molar-refractivity contribution in [2.75, 3.05) is 39.8 Å². The molecular weight excluding hydrogens is 507 g/mol. The van der Waals surface area contributed by atoms with E-state index in [0.29, 0.717) is 44.7 Å². The number of amides is 2. The Kier molecular flexibility index (Phi) is 8.77. The third kappa shape index (κ3) is 6.51. The number of nitrogens with zero attached hydrogens (tertiary/aromatic N) is 3. The van der Waals surface area contributed by atoms with E-state index in [1.807, 2.05) is 23.1 Å². The molecule has 1 N–H and O–H groups in total. The van der Waals surface area contributed by atoms with Gasteiger partial charge in [-0.25, -0.2) is 4.39 Å². The molecule has 8 heteroatoms. The van der Waals surface area contributed by atoms with Gasteiger partial charge in [0.05, 0.1) is 7.11 Å². The van der Waals surface area contributed by atoms with Crippen LogP contribution in [0.25, 0.3) is 0 Å². The molecule has 5 rings (SSSR count). The first-order chi connectivity index (χ1) is 19.4. The molecule has 2 amide bonds. The highest BCUT2D eigenvalue weighted by Gasteiger charge is 2.43. The van der Waals surface area contributed by atoms with Crippen LogP contribution in [0.15, 0.2) is 72.8 Å². The number of aryl methyl sites for hydroxylation is 1. The summed E-state index contributed by atoms with van der Waals surface area (Å²) in [5, 5.41) is 3.29. The number of benzene rings is 3. The molecule has 210 valence electrons. The number of carbonyl (C=O) groups excluding carboxylic acids is 2. The number of rotatable bonds is 8. The van der Waals surface area contributed by atoms with Crippen LogP contribution in [-0.2, 0) is 17.9 Å². The molecule has 3 aromatic carbocycles. The molecule has 0 aliphatic carbocycles. The molecule has 0 spiro atoms. The molecule has 2 saturated heterocycles. The van der Waals surface area contributed by atoms with Crippen molar-refractivity contribution in [2.24, 2.45) is 0 Å². The van der Waals surface area contributed by atoms with Gasteiger partial charge in [-0.1, -0.05) is 42.0 Å². The SMILES string of the molecule is COc1cccc(CN(Cc2ccc(C)cc2)C2CC(C(=O)N3CCNCC3)N(C(=O)c3ccc(F)cc3)C2)c1. The van der Waals surface area contributed by atoms with Crippen molar-refractivity contribution < 1.29 is 18.7 Å². The van der Waals surface area contributed by atoms with E-state index in [0.717, 1.165) is 24.4 Å². The summed E-state index contributed by atoms with van der Waals surface area (Å²) in [4.78, 5) is 33.5. The van der Waals surface area contributed by atoms with Crippen LogP contribution in [0.1, 0.15) is 33.5 Å². The Bertz CT molecular complexity index is 1310. The Morgan fingerprint density at radius 1 is 0.975 bits per heavy atom. The van der Waals surface area contributed by atoms with Gasteiger partial charge >= 0.3 is 0 Å². The summed E-state index contributed by atoms with van der Waals surface area (Å²) in [5.74, 6) is 0.134. The first-order valence-electron chi connectivity index (χ1n) is 13.9. The average molecular weight is 545 g/mol. The first-order valence-corrected chi connectivity index (χ1v) is 13.9. The summed E-state index contributed by atoms with van der Waals surface area (Å²) < 4.78 is 19.1. The number of piperazine rings is 1. The lowest BCUT2D eigenvalue weighted by Gasteiger charge is -2.32. The van der Waals surface area contributed by atoms with Gasteiger partial charge in [-0.3, -0.25) is 14.5 Å². The van der Waals surface area contributed by atoms with Gasteiger partial charge in [0.2, 0.25) is 5.91 Å². The van der Waals surface area contributed by atoms with Crippen LogP contribution < -0.4 is 10.1 Å². The fraction of sp³-hybridized carbons (Fsp3) is 0.375. The van der Waals surface area contributed by atoms with E-state index in [1.54, 1.807) is 12.0 Å². The van der Waals surface area contributed by atoms with Crippen molar-refractivity contribution in [3.63, 3.8) is 0 Å². The van der Waals surface area contributed by atoms with Gasteiger partial charge in [-0.2, -0.15) is 0 Å². The molecule has 2 aliphatic rings. The van der Waals surface area contributed by atoms with Crippen LogP contribution in [0, 0.1) is 12.7 Å². The van der Waals surface area contributed by atoms with Gasteiger partial charge < -0.3 is 19.9 Å². The van der Waals surface area contributed by atoms with Crippen LogP contribution in [-0.4, -0.2) is 78.4 Å². The fourth-order valence-electron chi connectivity index (χ4n) is 5.64. The van der Waals surface area contributed by atoms with Crippen LogP contribution in [0.2, 0.25) is 0 Å². The second-order valence-electron chi connectivity index (χ2n) is 10.7. The molecule has 0 saturated carbocycles. The number of hydrogen-bond donors (Lipinski definition) is 1. The van der Waals surface area contributed by atoms with Crippen molar-refractivity contribution in [1.82, 2.24) is 20.0 Å². The Labute approximate surface area is 235 Å². The third-order valence-electron chi connectivity index (χ3n) is 7.89. The van der Waals surface area contributed by atoms with Gasteiger partial charge in [-0.05, 0) is 60.9 Å². The Morgan fingerprint density at radius 3 is 2.38 bits per heavy atom. The average Bonchev–Trinajstić information content (AvgIpc) is 3.44. The number of halogens is 1. The topological polar surface area (TPSA) is 65.1 Å². The fourth-order valence-corrected chi connectivity index (χ4v) is 5.64. The second-order valence-corrected chi connectivity index (χ2v) is 10.7. The standard InChI is InChI=1S/C32H37FN4O3/c1-23-6-8-24(9-7-23)20-36(21-25-4-3-5-29(18-25)40-2)28-19-30(32(39)35-16-14-34-15-17-35)37(22-28)31(38)26-10-12-27(33)13-11-26/h3-13,18,28,30,34H,14-17,19-22H2,1-2H3. The van der Waals surface area contributed by atoms with E-state index >= 15 is 0 Å². The Balaban J connectivity index is 1.45. The number of carbonyl (C=O) groups is 2. The van der Waals surface area contributed by atoms with Crippen LogP contribution >= 0.6 is 0 Å². The maximum atomic E-state index is 13.8. The van der Waals surface area contributed by atoms with Crippen molar-refractivity contribution in [1.29, 1.82) is 0 Å². The third-order valence-corrected chi connectivity index (χ3v) is 7.89. The molecule has 2 fully saturated rings. The lowest BCUT2D eigenvalue weighted by Crippen LogP contribution is -2.53. The van der Waals surface area contributed by atoms with E-state index in [4.69, 9.17) is 4.74 Å². The molecule has 0 aromatic heterocycles. The lowest BCUT2D eigenvalue weighted by molar-refractivity contribution is -0.135. The predicted octanol–water partition coefficient (Wildman–Crippen LogP) is 3.86. The molecule has 3 aromatic rings. The van der Waals surface area contributed by atoms with E-state index in [2.05, 4.69) is 47.5 Å². The summed E-state index contributed by atoms with van der Waals surface area (Å²) >= 11 is 0. The predicted molar refractivity (Wildman–Crippen MR) is 152 cm³/mol. The lowest BCUT2D eigenvalue weighted by atomic mass is 10.1. The maximum absolute atomic E-state index is 13.8. The summed E-state index contributed by atoms with van der Waals surface area (Å²) in [7, 11) is 1.66. The van der Waals surface area contributed by atoms with Crippen molar-refractivity contribution in [3.8, 4) is 5.75 Å². The molecule has 2 unspecified atom stereocenters. The van der Waals surface area contributed by atoms with E-state index in [9.17, 15) is 14.0 Å². The van der Waals surface area contributed by atoms with E-state index in [-0.39, 0.29) is 17.9 Å². The highest BCUT2D eigenvalue weighted by atomic mass is 19.1. The molecule has 40 heavy (non-hydrogen) atoms. The molecule has 2 atom stereocenters. The first kappa shape index (κ1) is 27.8.